The van der Waals surface area contributed by atoms with Gasteiger partial charge in [0.25, 0.3) is 5.70 Å². The van der Waals surface area contributed by atoms with Crippen molar-refractivity contribution in [3.8, 4) is 5.75 Å². The average Bonchev–Trinajstić information content (AvgIpc) is 2.28. The molecule has 2 rings (SSSR count). The zero-order valence-corrected chi connectivity index (χ0v) is 9.51. The number of carbonyl (C=O) groups is 1. The van der Waals surface area contributed by atoms with Crippen molar-refractivity contribution in [3.05, 3.63) is 51.3 Å². The number of carbonyl (C=O) groups excluding carboxylic acids is 1. The number of allylic oxidation sites excluding steroid dienone is 1. The molecule has 18 heavy (non-hydrogen) atoms. The lowest BCUT2D eigenvalue weighted by molar-refractivity contribution is -0.432. The fourth-order valence-electron chi connectivity index (χ4n) is 1.84. The van der Waals surface area contributed by atoms with Gasteiger partial charge in [0.2, 0.25) is 0 Å². The number of amides is 2. The molecule has 94 valence electrons. The molecule has 0 aliphatic carbocycles. The van der Waals surface area contributed by atoms with Crippen molar-refractivity contribution in [2.75, 3.05) is 0 Å². The number of hydrogen-bond donors (Lipinski definition) is 3. The summed E-state index contributed by atoms with van der Waals surface area (Å²) < 4.78 is 0. The van der Waals surface area contributed by atoms with Gasteiger partial charge in [0.1, 0.15) is 11.8 Å². The van der Waals surface area contributed by atoms with Crippen LogP contribution in [0.15, 0.2) is 35.7 Å². The number of phenols is 1. The van der Waals surface area contributed by atoms with Crippen molar-refractivity contribution in [2.45, 2.75) is 13.0 Å². The molecular weight excluding hydrogens is 238 g/mol. The molecular formula is C11H11N3O4. The van der Waals surface area contributed by atoms with Crippen LogP contribution in [0, 0.1) is 10.1 Å². The smallest absolute Gasteiger partial charge is 0.320 e. The Morgan fingerprint density at radius 1 is 1.33 bits per heavy atom. The fraction of sp³-hybridized carbons (Fsp3) is 0.182. The second-order valence-electron chi connectivity index (χ2n) is 3.89. The van der Waals surface area contributed by atoms with Crippen LogP contribution < -0.4 is 10.6 Å². The zero-order valence-electron chi connectivity index (χ0n) is 9.51. The van der Waals surface area contributed by atoms with E-state index in [-0.39, 0.29) is 17.1 Å². The predicted molar refractivity (Wildman–Crippen MR) is 62.2 cm³/mol. The number of rotatable bonds is 2. The first-order valence-electron chi connectivity index (χ1n) is 5.20. The van der Waals surface area contributed by atoms with Crippen molar-refractivity contribution in [1.29, 1.82) is 0 Å². The lowest BCUT2D eigenvalue weighted by Gasteiger charge is -2.23. The minimum absolute atomic E-state index is 0.0577. The van der Waals surface area contributed by atoms with E-state index in [0.717, 1.165) is 0 Å². The third-order valence-electron chi connectivity index (χ3n) is 2.66. The molecule has 2 amide bonds. The molecule has 0 bridgehead atoms. The Morgan fingerprint density at radius 2 is 1.94 bits per heavy atom. The van der Waals surface area contributed by atoms with Gasteiger partial charge >= 0.3 is 6.03 Å². The maximum atomic E-state index is 11.4. The number of nitrogens with one attached hydrogen (secondary N) is 2. The maximum absolute atomic E-state index is 11.4. The van der Waals surface area contributed by atoms with Crippen LogP contribution in [0.1, 0.15) is 18.5 Å². The largest absolute Gasteiger partial charge is 0.508 e. The third-order valence-corrected chi connectivity index (χ3v) is 2.66. The summed E-state index contributed by atoms with van der Waals surface area (Å²) >= 11 is 0. The van der Waals surface area contributed by atoms with Gasteiger partial charge in [0.05, 0.1) is 10.6 Å². The Labute approximate surface area is 102 Å². The minimum Gasteiger partial charge on any atom is -0.508 e. The molecule has 0 aromatic heterocycles. The molecule has 0 saturated carbocycles. The minimum atomic E-state index is -0.825. The highest BCUT2D eigenvalue weighted by Gasteiger charge is 2.35. The van der Waals surface area contributed by atoms with Gasteiger partial charge in [-0.25, -0.2) is 4.79 Å². The number of aromatic hydroxyl groups is 1. The second kappa shape index (κ2) is 4.36. The van der Waals surface area contributed by atoms with Gasteiger partial charge in [-0.3, -0.25) is 10.1 Å². The van der Waals surface area contributed by atoms with Crippen molar-refractivity contribution < 1.29 is 14.8 Å². The van der Waals surface area contributed by atoms with E-state index >= 15 is 0 Å². The summed E-state index contributed by atoms with van der Waals surface area (Å²) in [6.07, 6.45) is 0. The number of phenolic OH excluding ortho intramolecular Hbond substituents is 1. The van der Waals surface area contributed by atoms with Gasteiger partial charge < -0.3 is 15.7 Å². The SMILES string of the molecule is CC1=C([N+](=O)[O-])[C@@H](c2ccc(O)cc2)NC(=O)N1. The number of hydrogen-bond acceptors (Lipinski definition) is 4. The van der Waals surface area contributed by atoms with E-state index in [0.29, 0.717) is 5.56 Å². The van der Waals surface area contributed by atoms with Gasteiger partial charge in [-0.15, -0.1) is 0 Å². The van der Waals surface area contributed by atoms with E-state index in [1.165, 1.54) is 31.2 Å². The van der Waals surface area contributed by atoms with Crippen LogP contribution in [-0.2, 0) is 0 Å². The predicted octanol–water partition coefficient (Wildman–Crippen LogP) is 1.25. The molecule has 1 aliphatic heterocycles. The highest BCUT2D eigenvalue weighted by atomic mass is 16.6. The van der Waals surface area contributed by atoms with Crippen LogP contribution in [-0.4, -0.2) is 16.1 Å². The van der Waals surface area contributed by atoms with Crippen molar-refractivity contribution in [1.82, 2.24) is 10.6 Å². The zero-order chi connectivity index (χ0) is 13.3. The first-order chi connectivity index (χ1) is 8.49. The van der Waals surface area contributed by atoms with Gasteiger partial charge in [-0.05, 0) is 24.6 Å². The monoisotopic (exact) mass is 249 g/mol. The molecule has 1 aromatic rings. The normalized spacial score (nSPS) is 19.2. The summed E-state index contributed by atoms with van der Waals surface area (Å²) in [4.78, 5) is 21.9. The molecule has 1 aromatic carbocycles. The highest BCUT2D eigenvalue weighted by Crippen LogP contribution is 2.27. The molecule has 1 heterocycles. The molecule has 7 nitrogen and oxygen atoms in total. The van der Waals surface area contributed by atoms with Crippen LogP contribution in [0.2, 0.25) is 0 Å². The second-order valence-corrected chi connectivity index (χ2v) is 3.89. The quantitative estimate of drug-likeness (QED) is 0.542. The molecule has 1 aliphatic rings. The van der Waals surface area contributed by atoms with Crippen LogP contribution >= 0.6 is 0 Å². The lowest BCUT2D eigenvalue weighted by atomic mass is 10.0. The van der Waals surface area contributed by atoms with Crippen LogP contribution in [0.4, 0.5) is 4.79 Å². The number of nitrogens with zero attached hydrogens (tertiary/aromatic N) is 1. The molecule has 0 spiro atoms. The van der Waals surface area contributed by atoms with Crippen LogP contribution in [0.5, 0.6) is 5.75 Å². The van der Waals surface area contributed by atoms with Gasteiger partial charge in [-0.2, -0.15) is 0 Å². The first-order valence-corrected chi connectivity index (χ1v) is 5.20. The van der Waals surface area contributed by atoms with Crippen LogP contribution in [0.25, 0.3) is 0 Å². The standard InChI is InChI=1S/C11H11N3O4/c1-6-10(14(17)18)9(13-11(16)12-6)7-2-4-8(15)5-3-7/h2-5,9,15H,1H3,(H2,12,13,16)/t9-/m1/s1. The molecule has 0 saturated heterocycles. The van der Waals surface area contributed by atoms with E-state index in [9.17, 15) is 20.0 Å². The van der Waals surface area contributed by atoms with Gasteiger partial charge in [0.15, 0.2) is 0 Å². The van der Waals surface area contributed by atoms with Crippen molar-refractivity contribution in [3.63, 3.8) is 0 Å². The molecule has 1 atom stereocenters. The van der Waals surface area contributed by atoms with Crippen molar-refractivity contribution >= 4 is 6.03 Å². The first kappa shape index (κ1) is 11.9. The highest BCUT2D eigenvalue weighted by molar-refractivity contribution is 5.78. The fourth-order valence-corrected chi connectivity index (χ4v) is 1.84. The van der Waals surface area contributed by atoms with Crippen LogP contribution in [0.3, 0.4) is 0 Å². The maximum Gasteiger partial charge on any atom is 0.320 e. The summed E-state index contributed by atoms with van der Waals surface area (Å²) in [7, 11) is 0. The van der Waals surface area contributed by atoms with Crippen molar-refractivity contribution in [2.24, 2.45) is 0 Å². The molecule has 7 heteroatoms. The average molecular weight is 249 g/mol. The number of nitro groups is 1. The summed E-state index contributed by atoms with van der Waals surface area (Å²) in [6, 6.07) is 4.57. The van der Waals surface area contributed by atoms with E-state index in [2.05, 4.69) is 10.6 Å². The van der Waals surface area contributed by atoms with E-state index in [1.54, 1.807) is 0 Å². The van der Waals surface area contributed by atoms with E-state index in [1.807, 2.05) is 0 Å². The van der Waals surface area contributed by atoms with E-state index < -0.39 is 17.0 Å². The molecule has 0 unspecified atom stereocenters. The summed E-state index contributed by atoms with van der Waals surface area (Å²) in [5.74, 6) is 0.0577. The van der Waals surface area contributed by atoms with E-state index in [4.69, 9.17) is 0 Å². The molecule has 0 radical (unpaired) electrons. The number of urea groups is 1. The topological polar surface area (TPSA) is 104 Å². The Kier molecular flexibility index (Phi) is 2.88. The summed E-state index contributed by atoms with van der Waals surface area (Å²) in [5.41, 5.74) is 0.635. The Hall–Kier alpha value is -2.57. The Bertz CT molecular complexity index is 536. The summed E-state index contributed by atoms with van der Waals surface area (Å²) in [5, 5.41) is 25.1. The van der Waals surface area contributed by atoms with Gasteiger partial charge in [0, 0.05) is 0 Å². The third kappa shape index (κ3) is 2.10. The molecule has 3 N–H and O–H groups in total. The summed E-state index contributed by atoms with van der Waals surface area (Å²) in [6.45, 7) is 1.48. The van der Waals surface area contributed by atoms with Gasteiger partial charge in [-0.1, -0.05) is 12.1 Å². The Balaban J connectivity index is 2.46. The lowest BCUT2D eigenvalue weighted by Crippen LogP contribution is -2.44. The number of benzene rings is 1. The molecule has 0 fully saturated rings. The Morgan fingerprint density at radius 3 is 2.50 bits per heavy atom.